The lowest BCUT2D eigenvalue weighted by Crippen LogP contribution is -2.22. The summed E-state index contributed by atoms with van der Waals surface area (Å²) in [6.07, 6.45) is 3.57. The quantitative estimate of drug-likeness (QED) is 0.203. The zero-order valence-electron chi connectivity index (χ0n) is 20.2. The number of methoxy groups -OCH3 is 1. The van der Waals surface area contributed by atoms with Crippen LogP contribution in [0.15, 0.2) is 60.0 Å². The molecule has 4 rings (SSSR count). The molecule has 2 heterocycles. The number of nitrogens with two attached hydrogens (primary N) is 1. The lowest BCUT2D eigenvalue weighted by molar-refractivity contribution is 0.0519. The smallest absolute Gasteiger partial charge is 0.357 e. The third-order valence-electron chi connectivity index (χ3n) is 5.08. The van der Waals surface area contributed by atoms with Crippen LogP contribution in [0.2, 0.25) is 5.02 Å². The van der Waals surface area contributed by atoms with Crippen molar-refractivity contribution in [2.45, 2.75) is 13.8 Å². The summed E-state index contributed by atoms with van der Waals surface area (Å²) in [7, 11) is 1.56. The minimum atomic E-state index is -0.669. The number of aromatic nitrogens is 4. The molecule has 0 saturated carbocycles. The highest BCUT2D eigenvalue weighted by atomic mass is 35.5. The molecule has 0 saturated heterocycles. The minimum absolute atomic E-state index is 0.0412. The molecule has 12 heteroatoms. The normalized spacial score (nSPS) is 11.3. The molecule has 0 atom stereocenters. The molecule has 0 spiro atoms. The molecule has 0 bridgehead atoms. The molecule has 0 aliphatic carbocycles. The maximum Gasteiger partial charge on any atom is 0.357 e. The predicted molar refractivity (Wildman–Crippen MR) is 138 cm³/mol. The van der Waals surface area contributed by atoms with Crippen molar-refractivity contribution in [1.29, 1.82) is 0 Å². The van der Waals surface area contributed by atoms with Crippen LogP contribution in [-0.4, -0.2) is 45.2 Å². The number of hydrogen-bond acceptors (Lipinski definition) is 7. The number of aryl methyl sites for hydroxylation is 1. The number of ether oxygens (including phenoxy) is 2. The highest BCUT2D eigenvalue weighted by Gasteiger charge is 2.15. The van der Waals surface area contributed by atoms with E-state index in [1.54, 1.807) is 32.5 Å². The number of esters is 1. The summed E-state index contributed by atoms with van der Waals surface area (Å²) in [5, 5.41) is 2.86. The van der Waals surface area contributed by atoms with Crippen molar-refractivity contribution >= 4 is 35.2 Å². The maximum absolute atomic E-state index is 13.7. The zero-order chi connectivity index (χ0) is 26.5. The molecule has 2 aromatic heterocycles. The Morgan fingerprint density at radius 2 is 2.03 bits per heavy atom. The number of imidazole rings is 1. The predicted octanol–water partition coefficient (Wildman–Crippen LogP) is 4.67. The number of carbonyl (C=O) groups is 1. The number of rotatable bonds is 7. The topological polar surface area (TPSA) is 130 Å². The first-order valence-electron chi connectivity index (χ1n) is 11.1. The molecule has 10 nitrogen and oxygen atoms in total. The van der Waals surface area contributed by atoms with Gasteiger partial charge in [-0.2, -0.15) is 4.99 Å². The van der Waals surface area contributed by atoms with E-state index in [1.165, 1.54) is 24.3 Å². The van der Waals surface area contributed by atoms with E-state index in [0.717, 1.165) is 11.4 Å². The second-order valence-corrected chi connectivity index (χ2v) is 8.13. The van der Waals surface area contributed by atoms with Crippen LogP contribution in [0.4, 0.5) is 16.0 Å². The standard InChI is InChI=1S/C25H23ClFN7O3/c1-4-37-23(35)20-11-19(15-5-7-18(27)17(26)9-15)31-25(32-20)33-24(28)30-16-6-8-21(22(10-16)36-3)34-12-14(2)29-13-34/h5-13H,4H2,1-3H3,(H3,28,30,31,32,33). The summed E-state index contributed by atoms with van der Waals surface area (Å²) in [4.78, 5) is 29.3. The molecular weight excluding hydrogens is 501 g/mol. The Labute approximate surface area is 217 Å². The van der Waals surface area contributed by atoms with Gasteiger partial charge < -0.3 is 25.1 Å². The van der Waals surface area contributed by atoms with E-state index in [-0.39, 0.29) is 34.9 Å². The van der Waals surface area contributed by atoms with Crippen molar-refractivity contribution in [1.82, 2.24) is 19.5 Å². The van der Waals surface area contributed by atoms with Gasteiger partial charge in [-0.3, -0.25) is 0 Å². The fourth-order valence-corrected chi connectivity index (χ4v) is 3.58. The van der Waals surface area contributed by atoms with Crippen LogP contribution >= 0.6 is 11.6 Å². The Kier molecular flexibility index (Phi) is 7.63. The first kappa shape index (κ1) is 25.6. The monoisotopic (exact) mass is 523 g/mol. The minimum Gasteiger partial charge on any atom is -0.494 e. The summed E-state index contributed by atoms with van der Waals surface area (Å²) < 4.78 is 26.1. The molecule has 2 aromatic carbocycles. The summed E-state index contributed by atoms with van der Waals surface area (Å²) in [5.74, 6) is -0.828. The van der Waals surface area contributed by atoms with Crippen molar-refractivity contribution < 1.29 is 18.7 Å². The third-order valence-corrected chi connectivity index (χ3v) is 5.37. The average molecular weight is 524 g/mol. The zero-order valence-corrected chi connectivity index (χ0v) is 21.0. The summed E-state index contributed by atoms with van der Waals surface area (Å²) >= 11 is 5.92. The van der Waals surface area contributed by atoms with Crippen molar-refractivity contribution in [3.63, 3.8) is 0 Å². The van der Waals surface area contributed by atoms with E-state index in [0.29, 0.717) is 17.0 Å². The van der Waals surface area contributed by atoms with Gasteiger partial charge in [0.25, 0.3) is 5.95 Å². The van der Waals surface area contributed by atoms with Crippen LogP contribution < -0.4 is 15.8 Å². The number of carbonyl (C=O) groups excluding carboxylic acids is 1. The van der Waals surface area contributed by atoms with Gasteiger partial charge >= 0.3 is 5.97 Å². The average Bonchev–Trinajstić information content (AvgIpc) is 3.31. The van der Waals surface area contributed by atoms with Gasteiger partial charge in [0.05, 0.1) is 42.1 Å². The summed E-state index contributed by atoms with van der Waals surface area (Å²) in [6, 6.07) is 10.8. The molecule has 37 heavy (non-hydrogen) atoms. The summed E-state index contributed by atoms with van der Waals surface area (Å²) in [5.41, 5.74) is 9.06. The Morgan fingerprint density at radius 1 is 1.22 bits per heavy atom. The number of anilines is 1. The second-order valence-electron chi connectivity index (χ2n) is 7.72. The molecule has 0 amide bonds. The van der Waals surface area contributed by atoms with E-state index < -0.39 is 11.8 Å². The van der Waals surface area contributed by atoms with E-state index in [9.17, 15) is 9.18 Å². The fraction of sp³-hybridized carbons (Fsp3) is 0.160. The largest absolute Gasteiger partial charge is 0.494 e. The van der Waals surface area contributed by atoms with Gasteiger partial charge in [0.2, 0.25) is 5.96 Å². The van der Waals surface area contributed by atoms with Gasteiger partial charge in [0.15, 0.2) is 5.69 Å². The Morgan fingerprint density at radius 3 is 2.70 bits per heavy atom. The van der Waals surface area contributed by atoms with E-state index in [1.807, 2.05) is 23.8 Å². The SMILES string of the molecule is CCOC(=O)c1cc(-c2ccc(F)c(Cl)c2)nc(/N=C(\N)Nc2ccc(-n3cnc(C)c3)c(OC)c2)n1. The first-order valence-corrected chi connectivity index (χ1v) is 11.5. The van der Waals surface area contributed by atoms with Gasteiger partial charge in [0.1, 0.15) is 11.6 Å². The molecule has 0 radical (unpaired) electrons. The van der Waals surface area contributed by atoms with Crippen LogP contribution in [-0.2, 0) is 4.74 Å². The van der Waals surface area contributed by atoms with Gasteiger partial charge in [0, 0.05) is 23.5 Å². The second kappa shape index (κ2) is 11.0. The number of benzene rings is 2. The van der Waals surface area contributed by atoms with E-state index in [2.05, 4.69) is 25.3 Å². The van der Waals surface area contributed by atoms with Crippen molar-refractivity contribution in [3.8, 4) is 22.7 Å². The van der Waals surface area contributed by atoms with Gasteiger partial charge in [-0.25, -0.2) is 24.1 Å². The molecule has 190 valence electrons. The van der Waals surface area contributed by atoms with Crippen molar-refractivity contribution in [2.75, 3.05) is 19.0 Å². The molecule has 3 N–H and O–H groups in total. The number of halogens is 2. The number of nitrogens with one attached hydrogen (secondary N) is 1. The number of guanidine groups is 1. The Bertz CT molecular complexity index is 1490. The van der Waals surface area contributed by atoms with Gasteiger partial charge in [-0.05, 0) is 50.2 Å². The summed E-state index contributed by atoms with van der Waals surface area (Å²) in [6.45, 7) is 3.72. The van der Waals surface area contributed by atoms with Crippen molar-refractivity contribution in [2.24, 2.45) is 10.7 Å². The molecule has 0 aliphatic rings. The molecule has 0 unspecified atom stereocenters. The highest BCUT2D eigenvalue weighted by Crippen LogP contribution is 2.28. The molecule has 4 aromatic rings. The Balaban J connectivity index is 1.66. The van der Waals surface area contributed by atoms with Crippen LogP contribution in [0, 0.1) is 12.7 Å². The van der Waals surface area contributed by atoms with Gasteiger partial charge in [-0.1, -0.05) is 11.6 Å². The van der Waals surface area contributed by atoms with E-state index >= 15 is 0 Å². The van der Waals surface area contributed by atoms with Crippen LogP contribution in [0.1, 0.15) is 23.1 Å². The number of aliphatic imine (C=N–C) groups is 1. The highest BCUT2D eigenvalue weighted by molar-refractivity contribution is 6.31. The molecule has 0 aliphatic heterocycles. The van der Waals surface area contributed by atoms with Crippen LogP contribution in [0.25, 0.3) is 16.9 Å². The number of hydrogen-bond donors (Lipinski definition) is 2. The number of nitrogens with zero attached hydrogens (tertiary/aromatic N) is 5. The van der Waals surface area contributed by atoms with Gasteiger partial charge in [-0.15, -0.1) is 0 Å². The van der Waals surface area contributed by atoms with Crippen molar-refractivity contribution in [3.05, 3.63) is 77.2 Å². The lowest BCUT2D eigenvalue weighted by atomic mass is 10.1. The first-order chi connectivity index (χ1) is 17.8. The van der Waals surface area contributed by atoms with Crippen LogP contribution in [0.3, 0.4) is 0 Å². The fourth-order valence-electron chi connectivity index (χ4n) is 3.40. The molecular formula is C25H23ClFN7O3. The third kappa shape index (κ3) is 6.01. The van der Waals surface area contributed by atoms with Crippen LogP contribution in [0.5, 0.6) is 5.75 Å². The maximum atomic E-state index is 13.7. The lowest BCUT2D eigenvalue weighted by Gasteiger charge is -2.12. The molecule has 0 fully saturated rings. The van der Waals surface area contributed by atoms with E-state index in [4.69, 9.17) is 26.8 Å². The Hall–Kier alpha value is -4.51.